The van der Waals surface area contributed by atoms with Gasteiger partial charge in [0.05, 0.1) is 6.04 Å². The molecule has 1 aliphatic rings. The molecule has 1 amide bonds. The van der Waals surface area contributed by atoms with Gasteiger partial charge in [0.25, 0.3) is 5.91 Å². The second-order valence-corrected chi connectivity index (χ2v) is 7.53. The molecule has 2 aromatic carbocycles. The summed E-state index contributed by atoms with van der Waals surface area (Å²) in [4.78, 5) is 24.4. The average molecular weight is 380 g/mol. The molecule has 0 aromatic heterocycles. The summed E-state index contributed by atoms with van der Waals surface area (Å²) < 4.78 is 5.22. The normalized spacial score (nSPS) is 14.6. The summed E-state index contributed by atoms with van der Waals surface area (Å²) in [6, 6.07) is 19.3. The number of amides is 1. The van der Waals surface area contributed by atoms with Crippen LogP contribution >= 0.6 is 0 Å². The molecule has 0 bridgehead atoms. The zero-order valence-corrected chi connectivity index (χ0v) is 16.3. The van der Waals surface area contributed by atoms with Crippen LogP contribution in [0.3, 0.4) is 0 Å². The van der Waals surface area contributed by atoms with Crippen molar-refractivity contribution in [2.45, 2.75) is 51.0 Å². The van der Waals surface area contributed by atoms with E-state index in [0.717, 1.165) is 17.5 Å². The molecule has 0 saturated heterocycles. The van der Waals surface area contributed by atoms with Gasteiger partial charge in [-0.05, 0) is 23.5 Å². The van der Waals surface area contributed by atoms with Crippen molar-refractivity contribution in [2.24, 2.45) is 5.92 Å². The summed E-state index contributed by atoms with van der Waals surface area (Å²) in [5.74, 6) is 0.0658. The number of carbonyl (C=O) groups is 2. The maximum absolute atomic E-state index is 12.4. The van der Waals surface area contributed by atoms with Crippen molar-refractivity contribution < 1.29 is 14.3 Å². The van der Waals surface area contributed by atoms with Crippen LogP contribution in [0.5, 0.6) is 0 Å². The predicted molar refractivity (Wildman–Crippen MR) is 110 cm³/mol. The summed E-state index contributed by atoms with van der Waals surface area (Å²) in [6.45, 7) is -0.236. The highest BCUT2D eigenvalue weighted by atomic mass is 16.5. The van der Waals surface area contributed by atoms with Gasteiger partial charge < -0.3 is 10.1 Å². The summed E-state index contributed by atoms with van der Waals surface area (Å²) in [5.41, 5.74) is 1.98. The topological polar surface area (TPSA) is 55.4 Å². The van der Waals surface area contributed by atoms with Crippen LogP contribution in [-0.2, 0) is 14.3 Å². The zero-order chi connectivity index (χ0) is 19.6. The van der Waals surface area contributed by atoms with Gasteiger partial charge in [0.1, 0.15) is 0 Å². The van der Waals surface area contributed by atoms with E-state index in [1.165, 1.54) is 32.1 Å². The number of hydrogen-bond donors (Lipinski definition) is 1. The van der Waals surface area contributed by atoms with Crippen LogP contribution in [-0.4, -0.2) is 18.5 Å². The van der Waals surface area contributed by atoms with Gasteiger partial charge in [-0.2, -0.15) is 0 Å². The Kier molecular flexibility index (Phi) is 7.65. The highest BCUT2D eigenvalue weighted by Gasteiger charge is 2.19. The first kappa shape index (κ1) is 20.1. The fourth-order valence-electron chi connectivity index (χ4n) is 3.87. The minimum absolute atomic E-state index is 0.236. The first-order chi connectivity index (χ1) is 13.7. The van der Waals surface area contributed by atoms with Crippen molar-refractivity contribution >= 4 is 11.9 Å². The van der Waals surface area contributed by atoms with Crippen LogP contribution in [0, 0.1) is 5.92 Å². The Morgan fingerprint density at radius 1 is 0.893 bits per heavy atom. The quantitative estimate of drug-likeness (QED) is 0.671. The van der Waals surface area contributed by atoms with Gasteiger partial charge in [0.2, 0.25) is 0 Å². The van der Waals surface area contributed by atoms with Crippen molar-refractivity contribution in [3.63, 3.8) is 0 Å². The monoisotopic (exact) mass is 379 g/mol. The first-order valence-electron chi connectivity index (χ1n) is 10.3. The van der Waals surface area contributed by atoms with Gasteiger partial charge in [-0.25, -0.2) is 0 Å². The number of ether oxygens (including phenoxy) is 1. The lowest BCUT2D eigenvalue weighted by Gasteiger charge is -2.21. The van der Waals surface area contributed by atoms with Crippen LogP contribution in [0.2, 0.25) is 0 Å². The van der Waals surface area contributed by atoms with Crippen LogP contribution in [0.15, 0.2) is 60.7 Å². The number of carbonyl (C=O) groups excluding carboxylic acids is 2. The van der Waals surface area contributed by atoms with E-state index >= 15 is 0 Å². The SMILES string of the molecule is O=C(COC(=O)CCC1CCCCC1)NC(c1ccccc1)c1ccccc1. The van der Waals surface area contributed by atoms with Crippen molar-refractivity contribution in [3.8, 4) is 0 Å². The standard InChI is InChI=1S/C24H29NO3/c26-22(18-28-23(27)17-16-19-10-4-1-5-11-19)25-24(20-12-6-2-7-13-20)21-14-8-3-9-15-21/h2-3,6-9,12-15,19,24H,1,4-5,10-11,16-18H2,(H,25,26). The molecule has 0 heterocycles. The largest absolute Gasteiger partial charge is 0.456 e. The lowest BCUT2D eigenvalue weighted by Crippen LogP contribution is -2.33. The van der Waals surface area contributed by atoms with Gasteiger partial charge >= 0.3 is 5.97 Å². The lowest BCUT2D eigenvalue weighted by molar-refractivity contribution is -0.149. The van der Waals surface area contributed by atoms with Gasteiger partial charge in [-0.3, -0.25) is 9.59 Å². The summed E-state index contributed by atoms with van der Waals surface area (Å²) in [6.07, 6.45) is 7.54. The highest BCUT2D eigenvalue weighted by Crippen LogP contribution is 2.27. The first-order valence-corrected chi connectivity index (χ1v) is 10.3. The fourth-order valence-corrected chi connectivity index (χ4v) is 3.87. The number of benzene rings is 2. The Hall–Kier alpha value is -2.62. The Labute approximate surface area is 167 Å². The van der Waals surface area contributed by atoms with Crippen LogP contribution < -0.4 is 5.32 Å². The molecule has 28 heavy (non-hydrogen) atoms. The molecule has 1 fully saturated rings. The number of hydrogen-bond acceptors (Lipinski definition) is 3. The Morgan fingerprint density at radius 3 is 2.04 bits per heavy atom. The maximum Gasteiger partial charge on any atom is 0.306 e. The summed E-state index contributed by atoms with van der Waals surface area (Å²) in [7, 11) is 0. The van der Waals surface area contributed by atoms with Gasteiger partial charge in [0.15, 0.2) is 6.61 Å². The molecule has 4 heteroatoms. The fraction of sp³-hybridized carbons (Fsp3) is 0.417. The van der Waals surface area contributed by atoms with Gasteiger partial charge in [-0.15, -0.1) is 0 Å². The van der Waals surface area contributed by atoms with E-state index in [1.54, 1.807) is 0 Å². The van der Waals surface area contributed by atoms with Crippen LogP contribution in [0.25, 0.3) is 0 Å². The molecule has 0 aliphatic heterocycles. The molecule has 0 atom stereocenters. The van der Waals surface area contributed by atoms with Crippen molar-refractivity contribution in [1.82, 2.24) is 5.32 Å². The minimum Gasteiger partial charge on any atom is -0.456 e. The van der Waals surface area contributed by atoms with Gasteiger partial charge in [0, 0.05) is 6.42 Å². The average Bonchev–Trinajstić information content (AvgIpc) is 2.76. The molecule has 0 unspecified atom stereocenters. The summed E-state index contributed by atoms with van der Waals surface area (Å²) in [5, 5.41) is 2.99. The number of esters is 1. The molecular weight excluding hydrogens is 350 g/mol. The molecule has 0 radical (unpaired) electrons. The molecule has 148 valence electrons. The minimum atomic E-state index is -0.288. The van der Waals surface area contributed by atoms with E-state index in [9.17, 15) is 9.59 Å². The number of nitrogens with one attached hydrogen (secondary N) is 1. The molecule has 0 spiro atoms. The van der Waals surface area contributed by atoms with E-state index in [4.69, 9.17) is 4.74 Å². The lowest BCUT2D eigenvalue weighted by atomic mass is 9.86. The molecule has 1 aliphatic carbocycles. The Bertz CT molecular complexity index is 699. The van der Waals surface area contributed by atoms with Gasteiger partial charge in [-0.1, -0.05) is 92.8 Å². The third kappa shape index (κ3) is 6.22. The van der Waals surface area contributed by atoms with E-state index in [-0.39, 0.29) is 24.5 Å². The van der Waals surface area contributed by atoms with Crippen LogP contribution in [0.1, 0.15) is 62.1 Å². The Balaban J connectivity index is 1.50. The zero-order valence-electron chi connectivity index (χ0n) is 16.3. The smallest absolute Gasteiger partial charge is 0.306 e. The maximum atomic E-state index is 12.4. The third-order valence-corrected chi connectivity index (χ3v) is 5.42. The van der Waals surface area contributed by atoms with Crippen molar-refractivity contribution in [2.75, 3.05) is 6.61 Å². The molecule has 3 rings (SSSR count). The predicted octanol–water partition coefficient (Wildman–Crippen LogP) is 4.80. The van der Waals surface area contributed by atoms with E-state index in [0.29, 0.717) is 12.3 Å². The van der Waals surface area contributed by atoms with Crippen molar-refractivity contribution in [1.29, 1.82) is 0 Å². The molecule has 1 N–H and O–H groups in total. The molecule has 1 saturated carbocycles. The molecule has 4 nitrogen and oxygen atoms in total. The highest BCUT2D eigenvalue weighted by molar-refractivity contribution is 5.81. The second-order valence-electron chi connectivity index (χ2n) is 7.53. The number of rotatable bonds is 8. The third-order valence-electron chi connectivity index (χ3n) is 5.42. The van der Waals surface area contributed by atoms with Crippen molar-refractivity contribution in [3.05, 3.63) is 71.8 Å². The Morgan fingerprint density at radius 2 is 1.46 bits per heavy atom. The second kappa shape index (κ2) is 10.6. The van der Waals surface area contributed by atoms with E-state index in [2.05, 4.69) is 5.32 Å². The van der Waals surface area contributed by atoms with E-state index in [1.807, 2.05) is 60.7 Å². The van der Waals surface area contributed by atoms with E-state index < -0.39 is 0 Å². The molecular formula is C24H29NO3. The van der Waals surface area contributed by atoms with Crippen LogP contribution in [0.4, 0.5) is 0 Å². The molecule has 2 aromatic rings. The summed E-state index contributed by atoms with van der Waals surface area (Å²) >= 11 is 0.